The lowest BCUT2D eigenvalue weighted by molar-refractivity contribution is -0.146. The largest absolute Gasteiger partial charge is 0.466 e. The monoisotopic (exact) mass is 499 g/mol. The molecule has 1 aliphatic heterocycles. The number of benzene rings is 1. The minimum Gasteiger partial charge on any atom is -0.466 e. The summed E-state index contributed by atoms with van der Waals surface area (Å²) in [7, 11) is 1.75. The Morgan fingerprint density at radius 1 is 1.40 bits per heavy atom. The quantitative estimate of drug-likeness (QED) is 0.364. The molecule has 0 fully saturated rings. The van der Waals surface area contributed by atoms with Crippen LogP contribution >= 0.6 is 45.2 Å². The number of likely N-dealkylation sites (N-methyl/N-ethyl adjacent to an activating group) is 1. The molecule has 1 amide bonds. The van der Waals surface area contributed by atoms with E-state index in [2.05, 4.69) is 45.2 Å². The Bertz CT molecular complexity index is 547. The van der Waals surface area contributed by atoms with E-state index in [1.165, 1.54) is 0 Å². The maximum atomic E-state index is 12.8. The molecule has 0 aliphatic carbocycles. The molecule has 20 heavy (non-hydrogen) atoms. The molecule has 0 spiro atoms. The molecule has 1 aromatic carbocycles. The number of halogens is 2. The van der Waals surface area contributed by atoms with Gasteiger partial charge in [0.15, 0.2) is 0 Å². The first-order valence-corrected chi connectivity index (χ1v) is 8.75. The summed E-state index contributed by atoms with van der Waals surface area (Å²) in [6.45, 7) is 2.10. The number of hydrogen-bond donors (Lipinski definition) is 0. The van der Waals surface area contributed by atoms with Gasteiger partial charge in [-0.2, -0.15) is 0 Å². The molecule has 0 aromatic heterocycles. The van der Waals surface area contributed by atoms with Gasteiger partial charge in [0, 0.05) is 12.7 Å². The van der Waals surface area contributed by atoms with Gasteiger partial charge in [0.2, 0.25) is 5.91 Å². The van der Waals surface area contributed by atoms with Crippen molar-refractivity contribution in [2.45, 2.75) is 20.7 Å². The van der Waals surface area contributed by atoms with Crippen molar-refractivity contribution in [3.63, 3.8) is 0 Å². The van der Waals surface area contributed by atoms with Crippen molar-refractivity contribution in [1.82, 2.24) is 0 Å². The number of para-hydroxylation sites is 1. The second-order valence-electron chi connectivity index (χ2n) is 4.64. The van der Waals surface area contributed by atoms with Crippen molar-refractivity contribution in [2.75, 3.05) is 18.6 Å². The Hall–Kier alpha value is -0.380. The number of fused-ring (bicyclic) bond motifs is 1. The highest BCUT2D eigenvalue weighted by Gasteiger charge is 2.54. The molecule has 0 radical (unpaired) electrons. The van der Waals surface area contributed by atoms with Gasteiger partial charge in [-0.25, -0.2) is 0 Å². The number of amides is 1. The van der Waals surface area contributed by atoms with Crippen molar-refractivity contribution < 1.29 is 14.3 Å². The molecule has 0 saturated heterocycles. The Kier molecular flexibility index (Phi) is 4.93. The van der Waals surface area contributed by atoms with Gasteiger partial charge in [-0.1, -0.05) is 63.4 Å². The molecule has 1 aromatic rings. The van der Waals surface area contributed by atoms with Crippen LogP contribution in [0.1, 0.15) is 18.9 Å². The highest BCUT2D eigenvalue weighted by atomic mass is 127. The van der Waals surface area contributed by atoms with Crippen molar-refractivity contribution in [3.8, 4) is 0 Å². The number of carbonyl (C=O) groups excluding carboxylic acids is 2. The molecule has 4 nitrogen and oxygen atoms in total. The fraction of sp³-hybridized carbons (Fsp3) is 0.429. The van der Waals surface area contributed by atoms with E-state index in [1.54, 1.807) is 18.9 Å². The number of ether oxygens (including phenoxy) is 1. The topological polar surface area (TPSA) is 46.6 Å². The summed E-state index contributed by atoms with van der Waals surface area (Å²) < 4.78 is 5.02. The van der Waals surface area contributed by atoms with E-state index in [-0.39, 0.29) is 20.2 Å². The summed E-state index contributed by atoms with van der Waals surface area (Å²) in [5, 5.41) is 0. The fourth-order valence-electron chi connectivity index (χ4n) is 2.57. The SMILES string of the molecule is CCOC(=O)CC1(C(I)I)C(=O)N(C)c2ccccc21. The molecule has 1 atom stereocenters. The number of nitrogens with zero attached hydrogens (tertiary/aromatic N) is 1. The van der Waals surface area contributed by atoms with Crippen LogP contribution in [0.3, 0.4) is 0 Å². The molecule has 2 rings (SSSR count). The van der Waals surface area contributed by atoms with E-state index < -0.39 is 5.41 Å². The van der Waals surface area contributed by atoms with Crippen LogP contribution in [0.4, 0.5) is 5.69 Å². The Labute approximate surface area is 145 Å². The smallest absolute Gasteiger partial charge is 0.307 e. The minimum absolute atomic E-state index is 0.0410. The molecule has 0 N–H and O–H groups in total. The number of esters is 1. The zero-order chi connectivity index (χ0) is 14.9. The first-order valence-electron chi connectivity index (χ1n) is 6.26. The minimum atomic E-state index is -0.835. The van der Waals surface area contributed by atoms with Gasteiger partial charge in [-0.3, -0.25) is 9.59 Å². The van der Waals surface area contributed by atoms with E-state index in [0.29, 0.717) is 6.61 Å². The number of hydrogen-bond acceptors (Lipinski definition) is 3. The predicted molar refractivity (Wildman–Crippen MR) is 94.6 cm³/mol. The molecule has 108 valence electrons. The second kappa shape index (κ2) is 6.17. The fourth-order valence-corrected chi connectivity index (χ4v) is 4.21. The van der Waals surface area contributed by atoms with Crippen LogP contribution in [0.5, 0.6) is 0 Å². The number of rotatable bonds is 4. The van der Waals surface area contributed by atoms with E-state index in [0.717, 1.165) is 11.3 Å². The highest BCUT2D eigenvalue weighted by molar-refractivity contribution is 14.2. The summed E-state index contributed by atoms with van der Waals surface area (Å²) >= 11 is 4.43. The second-order valence-corrected chi connectivity index (χ2v) is 9.51. The summed E-state index contributed by atoms with van der Waals surface area (Å²) in [6, 6.07) is 7.65. The standard InChI is InChI=1S/C14H15I2NO3/c1-3-20-11(18)8-14(12(15)16)9-6-4-5-7-10(9)17(2)13(14)19/h4-7,12H,3,8H2,1-2H3. The van der Waals surface area contributed by atoms with Crippen LogP contribution in [0.25, 0.3) is 0 Å². The Balaban J connectivity index is 2.52. The summed E-state index contributed by atoms with van der Waals surface area (Å²) in [5.41, 5.74) is 0.952. The Morgan fingerprint density at radius 3 is 2.65 bits per heavy atom. The molecule has 0 saturated carbocycles. The third-order valence-electron chi connectivity index (χ3n) is 3.53. The number of anilines is 1. The molecular weight excluding hydrogens is 484 g/mol. The summed E-state index contributed by atoms with van der Waals surface area (Å²) in [5.74, 6) is -0.371. The predicted octanol–water partition coefficient (Wildman–Crippen LogP) is 3.05. The maximum Gasteiger partial charge on any atom is 0.307 e. The van der Waals surface area contributed by atoms with Gasteiger partial charge in [-0.15, -0.1) is 0 Å². The molecule has 1 unspecified atom stereocenters. The van der Waals surface area contributed by atoms with Gasteiger partial charge in [0.1, 0.15) is 5.41 Å². The van der Waals surface area contributed by atoms with Crippen LogP contribution in [-0.2, 0) is 19.7 Å². The lowest BCUT2D eigenvalue weighted by atomic mass is 9.80. The number of alkyl halides is 2. The zero-order valence-corrected chi connectivity index (χ0v) is 15.5. The third kappa shape index (κ3) is 2.44. The van der Waals surface area contributed by atoms with E-state index in [9.17, 15) is 9.59 Å². The van der Waals surface area contributed by atoms with Gasteiger partial charge >= 0.3 is 5.97 Å². The first kappa shape index (κ1) is 16.0. The lowest BCUT2D eigenvalue weighted by Gasteiger charge is -2.29. The average Bonchev–Trinajstić information content (AvgIpc) is 2.63. The molecule has 1 aliphatic rings. The van der Waals surface area contributed by atoms with Gasteiger partial charge < -0.3 is 9.64 Å². The first-order chi connectivity index (χ1) is 9.45. The van der Waals surface area contributed by atoms with Gasteiger partial charge in [-0.05, 0) is 18.6 Å². The van der Waals surface area contributed by atoms with Gasteiger partial charge in [0.25, 0.3) is 0 Å². The van der Waals surface area contributed by atoms with Gasteiger partial charge in [0.05, 0.1) is 15.0 Å². The van der Waals surface area contributed by atoms with Crippen molar-refractivity contribution in [1.29, 1.82) is 0 Å². The van der Waals surface area contributed by atoms with Crippen molar-refractivity contribution >= 4 is 62.7 Å². The number of carbonyl (C=O) groups is 2. The Morgan fingerprint density at radius 2 is 2.05 bits per heavy atom. The molecule has 6 heteroatoms. The van der Waals surface area contributed by atoms with E-state index in [1.807, 2.05) is 24.3 Å². The van der Waals surface area contributed by atoms with Crippen LogP contribution in [0.2, 0.25) is 0 Å². The van der Waals surface area contributed by atoms with Crippen molar-refractivity contribution in [3.05, 3.63) is 29.8 Å². The summed E-state index contributed by atoms with van der Waals surface area (Å²) in [4.78, 5) is 26.4. The molecular formula is C14H15I2NO3. The molecule has 1 heterocycles. The van der Waals surface area contributed by atoms with E-state index >= 15 is 0 Å². The van der Waals surface area contributed by atoms with Crippen LogP contribution in [0, 0.1) is 0 Å². The maximum absolute atomic E-state index is 12.8. The average molecular weight is 499 g/mol. The van der Waals surface area contributed by atoms with Crippen LogP contribution in [0.15, 0.2) is 24.3 Å². The highest BCUT2D eigenvalue weighted by Crippen LogP contribution is 2.50. The van der Waals surface area contributed by atoms with E-state index in [4.69, 9.17) is 4.74 Å². The summed E-state index contributed by atoms with van der Waals surface area (Å²) in [6.07, 6.45) is 0.0809. The van der Waals surface area contributed by atoms with Crippen LogP contribution in [-0.4, -0.2) is 27.5 Å². The zero-order valence-electron chi connectivity index (χ0n) is 11.2. The third-order valence-corrected chi connectivity index (χ3v) is 5.66. The molecule has 0 bridgehead atoms. The normalized spacial score (nSPS) is 21.2. The lowest BCUT2D eigenvalue weighted by Crippen LogP contribution is -2.45. The van der Waals surface area contributed by atoms with Crippen molar-refractivity contribution in [2.24, 2.45) is 0 Å². The van der Waals surface area contributed by atoms with Crippen LogP contribution < -0.4 is 4.90 Å².